The molecule has 12 heteroatoms. The molecule has 0 aromatic heterocycles. The van der Waals surface area contributed by atoms with E-state index >= 15 is 0 Å². The first-order chi connectivity index (χ1) is 15.9. The Morgan fingerprint density at radius 1 is 0.912 bits per heavy atom. The van der Waals surface area contributed by atoms with E-state index in [0.29, 0.717) is 20.3 Å². The molecule has 0 spiro atoms. The smallest absolute Gasteiger partial charge is 0.407 e. The Bertz CT molecular complexity index is 884. The first-order valence-corrected chi connectivity index (χ1v) is 13.4. The predicted octanol–water partition coefficient (Wildman–Crippen LogP) is 4.44. The fourth-order valence-electron chi connectivity index (χ4n) is 3.26. The molecule has 2 unspecified atom stereocenters. The van der Waals surface area contributed by atoms with Crippen molar-refractivity contribution in [3.8, 4) is 0 Å². The molecule has 2 amide bonds. The lowest BCUT2D eigenvalue weighted by molar-refractivity contribution is 0.0881. The van der Waals surface area contributed by atoms with Gasteiger partial charge in [0.2, 0.25) is 8.77 Å². The number of ether oxygens (including phenoxy) is 4. The third-order valence-electron chi connectivity index (χ3n) is 5.24. The summed E-state index contributed by atoms with van der Waals surface area (Å²) < 4.78 is 22.4. The molecule has 0 radical (unpaired) electrons. The summed E-state index contributed by atoms with van der Waals surface area (Å²) in [6.45, 7) is 7.77. The number of alkyl carbamates (subject to hydrolysis) is 2. The summed E-state index contributed by atoms with van der Waals surface area (Å²) in [5, 5.41) is 5.78. The summed E-state index contributed by atoms with van der Waals surface area (Å²) in [4.78, 5) is 24.8. The highest BCUT2D eigenvalue weighted by atomic mass is 32.2. The zero-order valence-corrected chi connectivity index (χ0v) is 22.6. The molecule has 1 aromatic carbocycles. The van der Waals surface area contributed by atoms with E-state index in [-0.39, 0.29) is 25.4 Å². The number of nitrogens with one attached hydrogen (secondary N) is 2. The lowest BCUT2D eigenvalue weighted by Crippen LogP contribution is -2.44. The maximum Gasteiger partial charge on any atom is 0.407 e. The summed E-state index contributed by atoms with van der Waals surface area (Å²) in [6, 6.07) is 7.63. The summed E-state index contributed by atoms with van der Waals surface area (Å²) in [5.41, 5.74) is 0.258. The molecule has 2 saturated heterocycles. The summed E-state index contributed by atoms with van der Waals surface area (Å²) in [7, 11) is 0. The monoisotopic (exact) mass is 544 g/mol. The Balaban J connectivity index is 1.55. The molecule has 3 rings (SSSR count). The van der Waals surface area contributed by atoms with Gasteiger partial charge in [-0.15, -0.1) is 0 Å². The van der Waals surface area contributed by atoms with Crippen molar-refractivity contribution in [3.05, 3.63) is 35.4 Å². The van der Waals surface area contributed by atoms with Gasteiger partial charge in [-0.25, -0.2) is 9.59 Å². The molecular weight excluding hydrogens is 517 g/mol. The molecule has 8 nitrogen and oxygen atoms in total. The Kier molecular flexibility index (Phi) is 8.93. The van der Waals surface area contributed by atoms with Crippen molar-refractivity contribution in [2.75, 3.05) is 24.7 Å². The molecule has 186 valence electrons. The third kappa shape index (κ3) is 7.62. The van der Waals surface area contributed by atoms with Crippen LogP contribution >= 0.6 is 48.0 Å². The van der Waals surface area contributed by atoms with Crippen LogP contribution in [-0.2, 0) is 30.0 Å². The molecule has 1 aromatic rings. The van der Waals surface area contributed by atoms with Gasteiger partial charge >= 0.3 is 12.2 Å². The van der Waals surface area contributed by atoms with E-state index in [0.717, 1.165) is 11.1 Å². The summed E-state index contributed by atoms with van der Waals surface area (Å²) in [5.74, 6) is 1.34. The highest BCUT2D eigenvalue weighted by Crippen LogP contribution is 2.27. The Labute approximate surface area is 218 Å². The number of benzene rings is 1. The molecule has 0 bridgehead atoms. The van der Waals surface area contributed by atoms with Crippen molar-refractivity contribution in [2.24, 2.45) is 0 Å². The topological polar surface area (TPSA) is 95.1 Å². The van der Waals surface area contributed by atoms with Gasteiger partial charge in [-0.3, -0.25) is 0 Å². The zero-order valence-electron chi connectivity index (χ0n) is 19.4. The van der Waals surface area contributed by atoms with Crippen LogP contribution in [0.1, 0.15) is 38.8 Å². The maximum atomic E-state index is 12.4. The van der Waals surface area contributed by atoms with Gasteiger partial charge in [0.05, 0.1) is 11.1 Å². The number of thiocarbonyl (C=S) groups is 2. The Morgan fingerprint density at radius 3 is 1.68 bits per heavy atom. The van der Waals surface area contributed by atoms with Gasteiger partial charge in [0.15, 0.2) is 0 Å². The molecular formula is C22H28N2O6S4. The normalized spacial score (nSPS) is 20.4. The zero-order chi connectivity index (χ0) is 24.9. The second-order valence-electron chi connectivity index (χ2n) is 8.88. The van der Waals surface area contributed by atoms with Crippen LogP contribution in [0.2, 0.25) is 0 Å². The average Bonchev–Trinajstić information content (AvgIpc) is 3.38. The van der Waals surface area contributed by atoms with Crippen LogP contribution in [0.25, 0.3) is 0 Å². The highest BCUT2D eigenvalue weighted by Gasteiger charge is 2.30. The van der Waals surface area contributed by atoms with Crippen molar-refractivity contribution < 1.29 is 28.5 Å². The number of hydrogen-bond donors (Lipinski definition) is 2. The number of carbonyl (C=O) groups is 2. The van der Waals surface area contributed by atoms with Crippen molar-refractivity contribution >= 4 is 68.9 Å². The van der Waals surface area contributed by atoms with Crippen LogP contribution in [0, 0.1) is 0 Å². The first-order valence-electron chi connectivity index (χ1n) is 10.6. The van der Waals surface area contributed by atoms with E-state index in [1.807, 2.05) is 52.0 Å². The van der Waals surface area contributed by atoms with Crippen molar-refractivity contribution in [1.29, 1.82) is 0 Å². The van der Waals surface area contributed by atoms with Crippen molar-refractivity contribution in [3.63, 3.8) is 0 Å². The summed E-state index contributed by atoms with van der Waals surface area (Å²) >= 11 is 12.8. The van der Waals surface area contributed by atoms with Gasteiger partial charge < -0.3 is 29.6 Å². The van der Waals surface area contributed by atoms with E-state index < -0.39 is 23.3 Å². The van der Waals surface area contributed by atoms with Gasteiger partial charge in [-0.1, -0.05) is 47.8 Å². The maximum absolute atomic E-state index is 12.4. The van der Waals surface area contributed by atoms with Crippen LogP contribution in [0.3, 0.4) is 0 Å². The molecule has 2 aliphatic rings. The van der Waals surface area contributed by atoms with E-state index in [2.05, 4.69) is 10.6 Å². The first kappa shape index (κ1) is 26.8. The summed E-state index contributed by atoms with van der Waals surface area (Å²) in [6.07, 6.45) is -1.54. The Hall–Kier alpha value is -1.76. The van der Waals surface area contributed by atoms with Gasteiger partial charge in [0.1, 0.15) is 25.4 Å². The number of amides is 2. The van der Waals surface area contributed by atoms with E-state index in [1.165, 1.54) is 23.5 Å². The largest absolute Gasteiger partial charge is 0.471 e. The lowest BCUT2D eigenvalue weighted by atomic mass is 9.87. The number of carbonyl (C=O) groups excluding carboxylic acids is 2. The van der Waals surface area contributed by atoms with Crippen LogP contribution < -0.4 is 10.6 Å². The molecule has 0 saturated carbocycles. The lowest BCUT2D eigenvalue weighted by Gasteiger charge is -2.31. The quantitative estimate of drug-likeness (QED) is 0.457. The molecule has 34 heavy (non-hydrogen) atoms. The second kappa shape index (κ2) is 11.3. The number of hydrogen-bond acceptors (Lipinski definition) is 10. The minimum Gasteiger partial charge on any atom is -0.471 e. The minimum absolute atomic E-state index is 0.129. The van der Waals surface area contributed by atoms with Crippen molar-refractivity contribution in [1.82, 2.24) is 10.6 Å². The molecule has 2 heterocycles. The number of thioether (sulfide) groups is 2. The fourth-order valence-corrected chi connectivity index (χ4v) is 5.32. The van der Waals surface area contributed by atoms with E-state index in [1.54, 1.807) is 0 Å². The van der Waals surface area contributed by atoms with E-state index in [4.69, 9.17) is 43.4 Å². The minimum atomic E-state index is -0.722. The van der Waals surface area contributed by atoms with Crippen LogP contribution in [0.5, 0.6) is 0 Å². The van der Waals surface area contributed by atoms with Crippen LogP contribution in [0.15, 0.2) is 24.3 Å². The predicted molar refractivity (Wildman–Crippen MR) is 141 cm³/mol. The second-order valence-corrected chi connectivity index (χ2v) is 12.1. The van der Waals surface area contributed by atoms with Crippen molar-refractivity contribution in [2.45, 2.75) is 51.0 Å². The SMILES string of the molecule is CC(C)(NC(=O)OCC1CSC(=S)O1)c1cccc(C(C)(C)NC(=O)OCC2CSC(=S)O2)c1. The molecule has 2 atom stereocenters. The van der Waals surface area contributed by atoms with Crippen LogP contribution in [-0.4, -0.2) is 57.9 Å². The van der Waals surface area contributed by atoms with Gasteiger partial charge in [0, 0.05) is 11.5 Å². The van der Waals surface area contributed by atoms with Gasteiger partial charge in [0.25, 0.3) is 0 Å². The Morgan fingerprint density at radius 2 is 1.32 bits per heavy atom. The third-order valence-corrected chi connectivity index (χ3v) is 7.88. The van der Waals surface area contributed by atoms with Gasteiger partial charge in [-0.05, 0) is 63.3 Å². The highest BCUT2D eigenvalue weighted by molar-refractivity contribution is 8.23. The molecule has 2 aliphatic heterocycles. The molecule has 2 N–H and O–H groups in total. The van der Waals surface area contributed by atoms with Crippen LogP contribution in [0.4, 0.5) is 9.59 Å². The molecule has 2 fully saturated rings. The fraction of sp³-hybridized carbons (Fsp3) is 0.545. The van der Waals surface area contributed by atoms with E-state index in [9.17, 15) is 9.59 Å². The number of rotatable bonds is 8. The van der Waals surface area contributed by atoms with Gasteiger partial charge in [-0.2, -0.15) is 0 Å². The average molecular weight is 545 g/mol. The standard InChI is InChI=1S/C22H28N2O6S4/c1-21(2,23-17(25)27-9-15-11-33-19(31)29-15)13-6-5-7-14(8-13)22(3,4)24-18(26)28-10-16-12-34-20(32)30-16/h5-8,15-16H,9-12H2,1-4H3,(H,23,25)(H,24,26). The molecule has 0 aliphatic carbocycles.